The number of carboxylic acid groups (broad SMARTS) is 1. The number of nitrogens with one attached hydrogen (secondary N) is 2. The van der Waals surface area contributed by atoms with Crippen LogP contribution in [0.1, 0.15) is 5.56 Å². The fourth-order valence-electron chi connectivity index (χ4n) is 2.89. The molecule has 0 saturated heterocycles. The number of hydrogen-bond acceptors (Lipinski definition) is 7. The average molecular weight is 398 g/mol. The minimum atomic E-state index is -0.885. The lowest BCUT2D eigenvalue weighted by molar-refractivity contribution is -0.136. The van der Waals surface area contributed by atoms with Crippen molar-refractivity contribution < 1.29 is 9.90 Å². The van der Waals surface area contributed by atoms with Crippen molar-refractivity contribution in [2.75, 3.05) is 10.6 Å². The van der Waals surface area contributed by atoms with Gasteiger partial charge in [0.2, 0.25) is 5.95 Å². The van der Waals surface area contributed by atoms with Gasteiger partial charge in [0.1, 0.15) is 12.1 Å². The predicted octanol–water partition coefficient (Wildman–Crippen LogP) is 4.05. The molecule has 0 bridgehead atoms. The third kappa shape index (κ3) is 4.74. The van der Waals surface area contributed by atoms with Gasteiger partial charge in [-0.05, 0) is 42.0 Å². The summed E-state index contributed by atoms with van der Waals surface area (Å²) in [6.45, 7) is 0. The molecule has 30 heavy (non-hydrogen) atoms. The van der Waals surface area contributed by atoms with Gasteiger partial charge in [-0.1, -0.05) is 30.3 Å². The molecule has 148 valence electrons. The quantitative estimate of drug-likeness (QED) is 0.427. The maximum atomic E-state index is 10.9. The van der Waals surface area contributed by atoms with Crippen LogP contribution in [0.3, 0.4) is 0 Å². The van der Waals surface area contributed by atoms with Crippen molar-refractivity contribution in [2.45, 2.75) is 6.42 Å². The molecule has 0 aliphatic carbocycles. The molecular formula is C22H18N6O2. The zero-order valence-electron chi connectivity index (χ0n) is 15.9. The van der Waals surface area contributed by atoms with Gasteiger partial charge in [-0.2, -0.15) is 4.98 Å². The SMILES string of the molecule is O=C(O)Cc1cccc(Nc2ncnc(-c3cccnc3Nc3ccccc3)n2)c1. The van der Waals surface area contributed by atoms with Crippen LogP contribution >= 0.6 is 0 Å². The van der Waals surface area contributed by atoms with Crippen LogP contribution in [0.25, 0.3) is 11.4 Å². The number of anilines is 4. The van der Waals surface area contributed by atoms with E-state index in [1.165, 1.54) is 6.33 Å². The molecule has 8 heteroatoms. The van der Waals surface area contributed by atoms with Crippen LogP contribution in [0.4, 0.5) is 23.1 Å². The van der Waals surface area contributed by atoms with E-state index in [2.05, 4.69) is 30.6 Å². The standard InChI is InChI=1S/C22H18N6O2/c29-19(30)13-15-6-4-9-17(12-15)27-22-25-14-24-21(28-22)18-10-5-11-23-20(18)26-16-7-2-1-3-8-16/h1-12,14H,13H2,(H,23,26)(H,29,30)(H,24,25,27,28). The molecule has 0 unspecified atom stereocenters. The minimum absolute atomic E-state index is 0.0534. The molecule has 3 N–H and O–H groups in total. The van der Waals surface area contributed by atoms with Crippen LogP contribution < -0.4 is 10.6 Å². The summed E-state index contributed by atoms with van der Waals surface area (Å²) >= 11 is 0. The Morgan fingerprint density at radius 2 is 1.70 bits per heavy atom. The number of para-hydroxylation sites is 1. The van der Waals surface area contributed by atoms with Gasteiger partial charge < -0.3 is 15.7 Å². The molecule has 2 aromatic carbocycles. The number of aromatic nitrogens is 4. The van der Waals surface area contributed by atoms with Crippen LogP contribution in [0.2, 0.25) is 0 Å². The van der Waals surface area contributed by atoms with Gasteiger partial charge in [0.25, 0.3) is 0 Å². The van der Waals surface area contributed by atoms with E-state index < -0.39 is 5.97 Å². The zero-order chi connectivity index (χ0) is 20.8. The van der Waals surface area contributed by atoms with Gasteiger partial charge in [0.05, 0.1) is 12.0 Å². The molecule has 2 aromatic heterocycles. The second-order valence-electron chi connectivity index (χ2n) is 6.42. The van der Waals surface area contributed by atoms with Crippen LogP contribution in [-0.2, 0) is 11.2 Å². The van der Waals surface area contributed by atoms with Gasteiger partial charge in [-0.3, -0.25) is 4.79 Å². The number of pyridine rings is 1. The summed E-state index contributed by atoms with van der Waals surface area (Å²) in [6, 6.07) is 20.5. The van der Waals surface area contributed by atoms with E-state index in [1.54, 1.807) is 24.4 Å². The summed E-state index contributed by atoms with van der Waals surface area (Å²) in [4.78, 5) is 28.3. The largest absolute Gasteiger partial charge is 0.481 e. The first-order valence-electron chi connectivity index (χ1n) is 9.21. The van der Waals surface area contributed by atoms with Gasteiger partial charge in [0.15, 0.2) is 5.82 Å². The van der Waals surface area contributed by atoms with Crippen molar-refractivity contribution in [3.8, 4) is 11.4 Å². The summed E-state index contributed by atoms with van der Waals surface area (Å²) in [6.07, 6.45) is 3.07. The Hall–Kier alpha value is -4.33. The van der Waals surface area contributed by atoms with Crippen molar-refractivity contribution in [2.24, 2.45) is 0 Å². The van der Waals surface area contributed by atoms with E-state index in [0.717, 1.165) is 11.3 Å². The molecule has 0 radical (unpaired) electrons. The van der Waals surface area contributed by atoms with Gasteiger partial charge in [-0.15, -0.1) is 0 Å². The molecule has 2 heterocycles. The first-order valence-corrected chi connectivity index (χ1v) is 9.21. The topological polar surface area (TPSA) is 113 Å². The molecule has 0 atom stereocenters. The third-order valence-corrected chi connectivity index (χ3v) is 4.20. The Labute approximate surface area is 172 Å². The number of hydrogen-bond donors (Lipinski definition) is 3. The molecule has 0 aliphatic rings. The lowest BCUT2D eigenvalue weighted by atomic mass is 10.1. The number of carboxylic acids is 1. The summed E-state index contributed by atoms with van der Waals surface area (Å²) in [5, 5.41) is 15.4. The van der Waals surface area contributed by atoms with E-state index in [-0.39, 0.29) is 6.42 Å². The average Bonchev–Trinajstić information content (AvgIpc) is 2.75. The van der Waals surface area contributed by atoms with E-state index in [9.17, 15) is 4.79 Å². The highest BCUT2D eigenvalue weighted by Gasteiger charge is 2.11. The second-order valence-corrected chi connectivity index (χ2v) is 6.42. The first-order chi connectivity index (χ1) is 14.7. The van der Waals surface area contributed by atoms with E-state index in [0.29, 0.717) is 28.8 Å². The van der Waals surface area contributed by atoms with Crippen LogP contribution in [0.5, 0.6) is 0 Å². The first kappa shape index (κ1) is 19.0. The van der Waals surface area contributed by atoms with Crippen molar-refractivity contribution in [3.05, 3.63) is 84.8 Å². The maximum Gasteiger partial charge on any atom is 0.307 e. The number of nitrogens with zero attached hydrogens (tertiary/aromatic N) is 4. The summed E-state index contributed by atoms with van der Waals surface area (Å²) in [7, 11) is 0. The highest BCUT2D eigenvalue weighted by Crippen LogP contribution is 2.26. The predicted molar refractivity (Wildman–Crippen MR) is 114 cm³/mol. The van der Waals surface area contributed by atoms with Gasteiger partial charge in [0, 0.05) is 17.6 Å². The van der Waals surface area contributed by atoms with Crippen LogP contribution in [0, 0.1) is 0 Å². The zero-order valence-corrected chi connectivity index (χ0v) is 15.9. The lowest BCUT2D eigenvalue weighted by Crippen LogP contribution is -2.03. The van der Waals surface area contributed by atoms with Crippen LogP contribution in [-0.4, -0.2) is 31.0 Å². The molecule has 0 saturated carbocycles. The minimum Gasteiger partial charge on any atom is -0.481 e. The molecule has 0 amide bonds. The molecule has 4 aromatic rings. The van der Waals surface area contributed by atoms with E-state index in [4.69, 9.17) is 5.11 Å². The monoisotopic (exact) mass is 398 g/mol. The molecule has 0 aliphatic heterocycles. The summed E-state index contributed by atoms with van der Waals surface area (Å²) in [5.41, 5.74) is 3.01. The molecule has 4 rings (SSSR count). The van der Waals surface area contributed by atoms with E-state index in [1.807, 2.05) is 48.5 Å². The number of carbonyl (C=O) groups is 1. The maximum absolute atomic E-state index is 10.9. The Morgan fingerprint density at radius 1 is 0.867 bits per heavy atom. The summed E-state index contributed by atoms with van der Waals surface area (Å²) < 4.78 is 0. The second kappa shape index (κ2) is 8.78. The van der Waals surface area contributed by atoms with Crippen molar-refractivity contribution in [1.82, 2.24) is 19.9 Å². The fraction of sp³-hybridized carbons (Fsp3) is 0.0455. The fourth-order valence-corrected chi connectivity index (χ4v) is 2.89. The summed E-state index contributed by atoms with van der Waals surface area (Å²) in [5.74, 6) is 0.552. The van der Waals surface area contributed by atoms with Crippen LogP contribution in [0.15, 0.2) is 79.3 Å². The van der Waals surface area contributed by atoms with Crippen molar-refractivity contribution in [3.63, 3.8) is 0 Å². The molecule has 0 spiro atoms. The normalized spacial score (nSPS) is 10.4. The number of rotatable bonds is 7. The smallest absolute Gasteiger partial charge is 0.307 e. The Bertz CT molecular complexity index is 1170. The number of aliphatic carboxylic acids is 1. The molecule has 8 nitrogen and oxygen atoms in total. The third-order valence-electron chi connectivity index (χ3n) is 4.20. The van der Waals surface area contributed by atoms with Crippen molar-refractivity contribution in [1.29, 1.82) is 0 Å². The highest BCUT2D eigenvalue weighted by atomic mass is 16.4. The van der Waals surface area contributed by atoms with Crippen molar-refractivity contribution >= 4 is 29.1 Å². The van der Waals surface area contributed by atoms with Gasteiger partial charge >= 0.3 is 5.97 Å². The number of benzene rings is 2. The lowest BCUT2D eigenvalue weighted by Gasteiger charge is -2.11. The van der Waals surface area contributed by atoms with E-state index >= 15 is 0 Å². The van der Waals surface area contributed by atoms with Gasteiger partial charge in [-0.25, -0.2) is 15.0 Å². The Morgan fingerprint density at radius 3 is 2.53 bits per heavy atom. The molecule has 0 fully saturated rings. The Balaban J connectivity index is 1.59. The Kier molecular flexibility index (Phi) is 5.56. The highest BCUT2D eigenvalue weighted by molar-refractivity contribution is 5.75. The molecular weight excluding hydrogens is 380 g/mol.